The van der Waals surface area contributed by atoms with Crippen molar-refractivity contribution in [3.63, 3.8) is 0 Å². The zero-order chi connectivity index (χ0) is 22.2. The van der Waals surface area contributed by atoms with Crippen LogP contribution in [0.25, 0.3) is 0 Å². The summed E-state index contributed by atoms with van der Waals surface area (Å²) in [4.78, 5) is 40.8. The molecule has 0 atom stereocenters. The van der Waals surface area contributed by atoms with Crippen LogP contribution in [0, 0.1) is 5.92 Å². The number of ether oxygens (including phenoxy) is 1. The van der Waals surface area contributed by atoms with Gasteiger partial charge >= 0.3 is 6.03 Å². The second-order valence-corrected chi connectivity index (χ2v) is 8.31. The molecule has 3 heterocycles. The average Bonchev–Trinajstić information content (AvgIpc) is 2.85. The quantitative estimate of drug-likeness (QED) is 0.743. The first kappa shape index (κ1) is 22.0. The van der Waals surface area contributed by atoms with Crippen molar-refractivity contribution in [2.45, 2.75) is 38.5 Å². The molecule has 9 nitrogen and oxygen atoms in total. The normalized spacial score (nSPS) is 17.1. The highest BCUT2D eigenvalue weighted by molar-refractivity contribution is 5.94. The van der Waals surface area contributed by atoms with Gasteiger partial charge in [-0.15, -0.1) is 0 Å². The zero-order valence-electron chi connectivity index (χ0n) is 18.3. The molecule has 0 radical (unpaired) electrons. The number of amides is 3. The molecule has 0 spiro atoms. The molecule has 2 aromatic heterocycles. The molecule has 170 valence electrons. The first-order valence-electron chi connectivity index (χ1n) is 11.4. The molecule has 2 aliphatic rings. The SMILES string of the molecule is O=C(Nc1ncccn1)N1CCN(C(=O)c2ccc(OCCC3CCCCC3)nc2)CC1. The van der Waals surface area contributed by atoms with Crippen LogP contribution in [0.15, 0.2) is 36.8 Å². The molecule has 0 bridgehead atoms. The number of piperazine rings is 1. The Morgan fingerprint density at radius 3 is 2.38 bits per heavy atom. The Bertz CT molecular complexity index is 878. The highest BCUT2D eigenvalue weighted by Gasteiger charge is 2.25. The summed E-state index contributed by atoms with van der Waals surface area (Å²) in [5.41, 5.74) is 0.528. The van der Waals surface area contributed by atoms with E-state index in [0.717, 1.165) is 12.3 Å². The van der Waals surface area contributed by atoms with E-state index in [1.54, 1.807) is 46.6 Å². The lowest BCUT2D eigenvalue weighted by atomic mass is 9.87. The second-order valence-electron chi connectivity index (χ2n) is 8.31. The van der Waals surface area contributed by atoms with Gasteiger partial charge in [-0.05, 0) is 24.5 Å². The molecule has 1 saturated carbocycles. The second kappa shape index (κ2) is 10.9. The Hall–Kier alpha value is -3.23. The molecule has 0 aromatic carbocycles. The van der Waals surface area contributed by atoms with Gasteiger partial charge in [0.1, 0.15) is 0 Å². The van der Waals surface area contributed by atoms with E-state index in [1.165, 1.54) is 32.1 Å². The van der Waals surface area contributed by atoms with Crippen LogP contribution >= 0.6 is 0 Å². The van der Waals surface area contributed by atoms with Crippen molar-refractivity contribution in [2.75, 3.05) is 38.1 Å². The number of carbonyl (C=O) groups is 2. The van der Waals surface area contributed by atoms with Crippen molar-refractivity contribution in [1.82, 2.24) is 24.8 Å². The first-order chi connectivity index (χ1) is 15.7. The molecular formula is C23H30N6O3. The van der Waals surface area contributed by atoms with Gasteiger partial charge in [0.25, 0.3) is 5.91 Å². The lowest BCUT2D eigenvalue weighted by Crippen LogP contribution is -2.51. The van der Waals surface area contributed by atoms with Gasteiger partial charge in [-0.25, -0.2) is 19.7 Å². The van der Waals surface area contributed by atoms with Gasteiger partial charge in [-0.3, -0.25) is 10.1 Å². The molecule has 1 N–H and O–H groups in total. The molecule has 1 saturated heterocycles. The van der Waals surface area contributed by atoms with Crippen molar-refractivity contribution < 1.29 is 14.3 Å². The Balaban J connectivity index is 1.21. The third-order valence-corrected chi connectivity index (χ3v) is 6.12. The summed E-state index contributed by atoms with van der Waals surface area (Å²) in [6.45, 7) is 2.48. The minimum Gasteiger partial charge on any atom is -0.478 e. The molecule has 2 fully saturated rings. The van der Waals surface area contributed by atoms with Gasteiger partial charge in [0, 0.05) is 50.8 Å². The van der Waals surface area contributed by atoms with E-state index >= 15 is 0 Å². The fourth-order valence-electron chi connectivity index (χ4n) is 4.23. The minimum absolute atomic E-state index is 0.0855. The van der Waals surface area contributed by atoms with Gasteiger partial charge in [-0.2, -0.15) is 0 Å². The third-order valence-electron chi connectivity index (χ3n) is 6.12. The van der Waals surface area contributed by atoms with E-state index in [9.17, 15) is 9.59 Å². The molecule has 1 aliphatic carbocycles. The number of hydrogen-bond donors (Lipinski definition) is 1. The maximum absolute atomic E-state index is 12.8. The number of nitrogens with zero attached hydrogens (tertiary/aromatic N) is 5. The summed E-state index contributed by atoms with van der Waals surface area (Å²) in [6, 6.07) is 4.94. The Labute approximate surface area is 188 Å². The third kappa shape index (κ3) is 5.93. The van der Waals surface area contributed by atoms with E-state index < -0.39 is 0 Å². The zero-order valence-corrected chi connectivity index (χ0v) is 18.3. The highest BCUT2D eigenvalue weighted by Crippen LogP contribution is 2.26. The van der Waals surface area contributed by atoms with E-state index in [4.69, 9.17) is 4.74 Å². The smallest absolute Gasteiger partial charge is 0.324 e. The molecule has 4 rings (SSSR count). The lowest BCUT2D eigenvalue weighted by molar-refractivity contribution is 0.0671. The number of rotatable bonds is 6. The number of pyridine rings is 1. The fraction of sp³-hybridized carbons (Fsp3) is 0.522. The Kier molecular flexibility index (Phi) is 7.47. The monoisotopic (exact) mass is 438 g/mol. The Morgan fingerprint density at radius 2 is 1.69 bits per heavy atom. The fourth-order valence-corrected chi connectivity index (χ4v) is 4.23. The van der Waals surface area contributed by atoms with Crippen LogP contribution in [-0.4, -0.2) is 69.5 Å². The number of hydrogen-bond acceptors (Lipinski definition) is 6. The van der Waals surface area contributed by atoms with Gasteiger partial charge in [-0.1, -0.05) is 32.1 Å². The largest absolute Gasteiger partial charge is 0.478 e. The van der Waals surface area contributed by atoms with Gasteiger partial charge in [0.05, 0.1) is 12.2 Å². The molecule has 1 aliphatic heterocycles. The summed E-state index contributed by atoms with van der Waals surface area (Å²) in [5.74, 6) is 1.51. The predicted molar refractivity (Wildman–Crippen MR) is 119 cm³/mol. The summed E-state index contributed by atoms with van der Waals surface area (Å²) < 4.78 is 5.78. The van der Waals surface area contributed by atoms with Crippen LogP contribution in [0.5, 0.6) is 5.88 Å². The molecule has 32 heavy (non-hydrogen) atoms. The van der Waals surface area contributed by atoms with Crippen molar-refractivity contribution in [2.24, 2.45) is 5.92 Å². The Morgan fingerprint density at radius 1 is 0.969 bits per heavy atom. The lowest BCUT2D eigenvalue weighted by Gasteiger charge is -2.34. The number of anilines is 1. The number of carbonyl (C=O) groups excluding carboxylic acids is 2. The summed E-state index contributed by atoms with van der Waals surface area (Å²) in [6.07, 6.45) is 12.4. The average molecular weight is 439 g/mol. The van der Waals surface area contributed by atoms with E-state index in [0.29, 0.717) is 44.2 Å². The number of nitrogens with one attached hydrogen (secondary N) is 1. The van der Waals surface area contributed by atoms with Gasteiger partial charge in [0.2, 0.25) is 11.8 Å². The van der Waals surface area contributed by atoms with Gasteiger partial charge in [0.15, 0.2) is 0 Å². The predicted octanol–water partition coefficient (Wildman–Crippen LogP) is 3.21. The van der Waals surface area contributed by atoms with E-state index in [1.807, 2.05) is 0 Å². The van der Waals surface area contributed by atoms with Crippen LogP contribution in [0.3, 0.4) is 0 Å². The first-order valence-corrected chi connectivity index (χ1v) is 11.4. The summed E-state index contributed by atoms with van der Waals surface area (Å²) in [5, 5.41) is 2.67. The maximum Gasteiger partial charge on any atom is 0.324 e. The van der Waals surface area contributed by atoms with Gasteiger partial charge < -0.3 is 14.5 Å². The van der Waals surface area contributed by atoms with Crippen molar-refractivity contribution in [1.29, 1.82) is 0 Å². The molecular weight excluding hydrogens is 408 g/mol. The molecule has 9 heteroatoms. The van der Waals surface area contributed by atoms with Crippen LogP contribution in [0.1, 0.15) is 48.9 Å². The molecule has 3 amide bonds. The van der Waals surface area contributed by atoms with Crippen LogP contribution < -0.4 is 10.1 Å². The standard InChI is InChI=1S/C23H30N6O3/c30-21(19-7-8-20(26-17-19)32-16-9-18-5-2-1-3-6-18)28-12-14-29(15-13-28)23(31)27-22-24-10-4-11-25-22/h4,7-8,10-11,17-18H,1-3,5-6,9,12-16H2,(H,24,25,27,31). The minimum atomic E-state index is -0.264. The summed E-state index contributed by atoms with van der Waals surface area (Å²) >= 11 is 0. The van der Waals surface area contributed by atoms with Crippen molar-refractivity contribution in [3.05, 3.63) is 42.4 Å². The molecule has 0 unspecified atom stereocenters. The topological polar surface area (TPSA) is 101 Å². The van der Waals surface area contributed by atoms with Crippen LogP contribution in [-0.2, 0) is 0 Å². The van der Waals surface area contributed by atoms with Crippen molar-refractivity contribution in [3.8, 4) is 5.88 Å². The maximum atomic E-state index is 12.8. The van der Waals surface area contributed by atoms with E-state index in [-0.39, 0.29) is 17.9 Å². The highest BCUT2D eigenvalue weighted by atomic mass is 16.5. The van der Waals surface area contributed by atoms with Crippen LogP contribution in [0.4, 0.5) is 10.7 Å². The number of urea groups is 1. The van der Waals surface area contributed by atoms with Crippen LogP contribution in [0.2, 0.25) is 0 Å². The molecule has 2 aromatic rings. The summed E-state index contributed by atoms with van der Waals surface area (Å²) in [7, 11) is 0. The van der Waals surface area contributed by atoms with Crippen molar-refractivity contribution >= 4 is 17.9 Å². The number of aromatic nitrogens is 3. The van der Waals surface area contributed by atoms with E-state index in [2.05, 4.69) is 20.3 Å².